The highest BCUT2D eigenvalue weighted by Crippen LogP contribution is 2.41. The lowest BCUT2D eigenvalue weighted by Crippen LogP contribution is -2.21. The van der Waals surface area contributed by atoms with E-state index >= 15 is 0 Å². The molecule has 1 aliphatic heterocycles. The van der Waals surface area contributed by atoms with Gasteiger partial charge in [-0.2, -0.15) is 18.3 Å². The first-order valence-corrected chi connectivity index (χ1v) is 12.8. The molecule has 0 atom stereocenters. The number of hydrogen-bond acceptors (Lipinski definition) is 7. The van der Waals surface area contributed by atoms with E-state index in [9.17, 15) is 22.0 Å². The van der Waals surface area contributed by atoms with E-state index in [0.717, 1.165) is 17.1 Å². The first-order valence-electron chi connectivity index (χ1n) is 12.0. The van der Waals surface area contributed by atoms with E-state index in [0.29, 0.717) is 27.5 Å². The molecule has 0 spiro atoms. The summed E-state index contributed by atoms with van der Waals surface area (Å²) in [7, 11) is 0. The fourth-order valence-electron chi connectivity index (χ4n) is 4.55. The van der Waals surface area contributed by atoms with Crippen LogP contribution in [-0.4, -0.2) is 31.3 Å². The van der Waals surface area contributed by atoms with Crippen LogP contribution in [0.4, 0.5) is 22.0 Å². The number of halogens is 5. The molecule has 0 amide bonds. The van der Waals surface area contributed by atoms with E-state index in [1.54, 1.807) is 24.9 Å². The predicted molar refractivity (Wildman–Crippen MR) is 138 cm³/mol. The molecule has 5 aromatic rings. The Morgan fingerprint density at radius 2 is 1.88 bits per heavy atom. The number of alkyl halides is 3. The summed E-state index contributed by atoms with van der Waals surface area (Å²) in [6.45, 7) is 3.86. The van der Waals surface area contributed by atoms with Crippen LogP contribution in [0.5, 0.6) is 0 Å². The van der Waals surface area contributed by atoms with E-state index in [2.05, 4.69) is 25.2 Å². The van der Waals surface area contributed by atoms with Crippen molar-refractivity contribution < 1.29 is 26.5 Å². The Morgan fingerprint density at radius 1 is 1.05 bits per heavy atom. The molecule has 13 heteroatoms. The summed E-state index contributed by atoms with van der Waals surface area (Å²) >= 11 is 1.33. The van der Waals surface area contributed by atoms with Crippen LogP contribution in [0, 0.1) is 25.5 Å². The predicted octanol–water partition coefficient (Wildman–Crippen LogP) is 7.12. The molecule has 4 heterocycles. The molecular formula is C27H19F5N6OS. The second-order valence-electron chi connectivity index (χ2n) is 9.20. The summed E-state index contributed by atoms with van der Waals surface area (Å²) in [5.74, 6) is -1.56. The minimum Gasteiger partial charge on any atom is -0.359 e. The number of fused-ring (bicyclic) bond motifs is 1. The van der Waals surface area contributed by atoms with Gasteiger partial charge in [0.15, 0.2) is 17.4 Å². The van der Waals surface area contributed by atoms with Crippen molar-refractivity contribution in [2.24, 2.45) is 5.10 Å². The maximum absolute atomic E-state index is 14.2. The molecule has 6 rings (SSSR count). The van der Waals surface area contributed by atoms with Crippen LogP contribution < -0.4 is 0 Å². The van der Waals surface area contributed by atoms with E-state index < -0.39 is 23.4 Å². The van der Waals surface area contributed by atoms with Crippen molar-refractivity contribution in [3.63, 3.8) is 0 Å². The zero-order chi connectivity index (χ0) is 28.2. The van der Waals surface area contributed by atoms with Crippen LogP contribution in [-0.2, 0) is 19.3 Å². The number of benzene rings is 2. The third kappa shape index (κ3) is 4.76. The second kappa shape index (κ2) is 9.66. The average Bonchev–Trinajstić information content (AvgIpc) is 3.63. The van der Waals surface area contributed by atoms with Gasteiger partial charge in [-0.05, 0) is 37.6 Å². The van der Waals surface area contributed by atoms with Crippen LogP contribution in [0.3, 0.4) is 0 Å². The van der Waals surface area contributed by atoms with Gasteiger partial charge in [0.25, 0.3) is 0 Å². The van der Waals surface area contributed by atoms with Crippen LogP contribution in [0.25, 0.3) is 33.1 Å². The van der Waals surface area contributed by atoms with Gasteiger partial charge in [-0.1, -0.05) is 23.4 Å². The highest BCUT2D eigenvalue weighted by molar-refractivity contribution is 7.15. The topological polar surface area (TPSA) is 83.2 Å². The number of rotatable bonds is 5. The molecule has 0 unspecified atom stereocenters. The van der Waals surface area contributed by atoms with Crippen LogP contribution >= 0.6 is 11.3 Å². The number of nitrogens with zero attached hydrogens (tertiary/aromatic N) is 5. The average molecular weight is 571 g/mol. The van der Waals surface area contributed by atoms with Crippen molar-refractivity contribution in [2.45, 2.75) is 33.1 Å². The Labute approximate surface area is 228 Å². The van der Waals surface area contributed by atoms with E-state index in [4.69, 9.17) is 4.52 Å². The number of hydrazone groups is 1. The van der Waals surface area contributed by atoms with Gasteiger partial charge in [0.05, 0.1) is 57.4 Å². The molecule has 0 radical (unpaired) electrons. The van der Waals surface area contributed by atoms with Crippen molar-refractivity contribution >= 4 is 17.6 Å². The molecule has 3 aromatic heterocycles. The van der Waals surface area contributed by atoms with Crippen LogP contribution in [0.15, 0.2) is 52.1 Å². The maximum Gasteiger partial charge on any atom is 0.417 e. The van der Waals surface area contributed by atoms with Crippen molar-refractivity contribution in [1.82, 2.24) is 25.1 Å². The lowest BCUT2D eigenvalue weighted by atomic mass is 9.99. The van der Waals surface area contributed by atoms with Gasteiger partial charge in [0, 0.05) is 11.6 Å². The zero-order valence-corrected chi connectivity index (χ0v) is 21.8. The summed E-state index contributed by atoms with van der Waals surface area (Å²) in [5, 5.41) is 10.5. The third-order valence-corrected chi connectivity index (χ3v) is 7.49. The molecule has 40 heavy (non-hydrogen) atoms. The van der Waals surface area contributed by atoms with Crippen LogP contribution in [0.1, 0.15) is 33.4 Å². The molecule has 1 aliphatic rings. The van der Waals surface area contributed by atoms with Gasteiger partial charge in [0.1, 0.15) is 11.5 Å². The number of imidazole rings is 1. The van der Waals surface area contributed by atoms with Crippen molar-refractivity contribution in [3.8, 4) is 33.1 Å². The zero-order valence-electron chi connectivity index (χ0n) is 21.0. The molecule has 0 bridgehead atoms. The molecule has 2 aromatic carbocycles. The molecule has 0 saturated heterocycles. The summed E-state index contributed by atoms with van der Waals surface area (Å²) < 4.78 is 75.5. The van der Waals surface area contributed by atoms with Crippen molar-refractivity contribution in [1.29, 1.82) is 0 Å². The number of aromatic amines is 1. The summed E-state index contributed by atoms with van der Waals surface area (Å²) in [5.41, 5.74) is 1.26. The van der Waals surface area contributed by atoms with Crippen molar-refractivity contribution in [2.75, 3.05) is 0 Å². The normalized spacial score (nSPS) is 13.2. The standard InChI is InChI=1S/C27H19F5N6OS/c1-13-25(40-14(2)34-13)15-6-7-17(19(8-15)27(30,31)32)21-9-16(39-37-21)11-38-12-23-22(10-33-38)35-26(36-23)18-4-3-5-20(28)24(18)29/h3-10H,11-12H2,1-2H3,(H,35,36). The fraction of sp³-hybridized carbons (Fsp3) is 0.185. The first kappa shape index (κ1) is 25.9. The fourth-order valence-corrected chi connectivity index (χ4v) is 5.47. The summed E-state index contributed by atoms with van der Waals surface area (Å²) in [6, 6.07) is 9.37. The Balaban J connectivity index is 1.23. The highest BCUT2D eigenvalue weighted by atomic mass is 32.1. The van der Waals surface area contributed by atoms with Crippen molar-refractivity contribution in [3.05, 3.63) is 87.5 Å². The van der Waals surface area contributed by atoms with E-state index in [-0.39, 0.29) is 41.5 Å². The third-order valence-electron chi connectivity index (χ3n) is 6.36. The lowest BCUT2D eigenvalue weighted by Gasteiger charge is -2.19. The Bertz CT molecular complexity index is 1770. The SMILES string of the molecule is Cc1nc(C)c(-c2ccc(-c3cc(CN4Cc5nc(-c6cccc(F)c6F)[nH]c5C=N4)on3)c(C(F)(F)F)c2)s1. The minimum absolute atomic E-state index is 0.0126. The monoisotopic (exact) mass is 570 g/mol. The molecular weight excluding hydrogens is 551 g/mol. The first-order chi connectivity index (χ1) is 19.1. The number of hydrogen-bond donors (Lipinski definition) is 1. The van der Waals surface area contributed by atoms with Crippen LogP contribution in [0.2, 0.25) is 0 Å². The maximum atomic E-state index is 14.2. The molecule has 1 N–H and O–H groups in total. The molecule has 0 aliphatic carbocycles. The number of aryl methyl sites for hydroxylation is 2. The molecule has 0 fully saturated rings. The largest absolute Gasteiger partial charge is 0.417 e. The van der Waals surface area contributed by atoms with Gasteiger partial charge in [-0.3, -0.25) is 5.01 Å². The number of aromatic nitrogens is 4. The number of nitrogens with one attached hydrogen (secondary N) is 1. The summed E-state index contributed by atoms with van der Waals surface area (Å²) in [6.07, 6.45) is -3.14. The van der Waals surface area contributed by atoms with Gasteiger partial charge in [0.2, 0.25) is 0 Å². The highest BCUT2D eigenvalue weighted by Gasteiger charge is 2.35. The van der Waals surface area contributed by atoms with Gasteiger partial charge >= 0.3 is 6.18 Å². The van der Waals surface area contributed by atoms with E-state index in [1.807, 2.05) is 0 Å². The minimum atomic E-state index is -4.62. The Kier molecular flexibility index (Phi) is 6.25. The Hall–Kier alpha value is -4.39. The summed E-state index contributed by atoms with van der Waals surface area (Å²) in [4.78, 5) is 12.3. The number of thiazole rings is 1. The van der Waals surface area contributed by atoms with Gasteiger partial charge in [-0.15, -0.1) is 11.3 Å². The Morgan fingerprint density at radius 3 is 2.62 bits per heavy atom. The lowest BCUT2D eigenvalue weighted by molar-refractivity contribution is -0.137. The van der Waals surface area contributed by atoms with E-state index in [1.165, 1.54) is 41.8 Å². The smallest absolute Gasteiger partial charge is 0.359 e. The quantitative estimate of drug-likeness (QED) is 0.228. The number of H-pyrrole nitrogens is 1. The molecule has 0 saturated carbocycles. The molecule has 7 nitrogen and oxygen atoms in total. The van der Waals surface area contributed by atoms with Gasteiger partial charge < -0.3 is 9.51 Å². The van der Waals surface area contributed by atoms with Gasteiger partial charge in [-0.25, -0.2) is 18.7 Å². The molecule has 204 valence electrons. The second-order valence-corrected chi connectivity index (χ2v) is 10.4.